The van der Waals surface area contributed by atoms with E-state index in [1.165, 1.54) is 25.7 Å². The lowest BCUT2D eigenvalue weighted by molar-refractivity contribution is 0.304. The molecule has 2 bridgehead atoms. The van der Waals surface area contributed by atoms with Gasteiger partial charge in [-0.05, 0) is 43.9 Å². The molecule has 2 aliphatic rings. The van der Waals surface area contributed by atoms with Gasteiger partial charge in [-0.15, -0.1) is 0 Å². The zero-order valence-electron chi connectivity index (χ0n) is 13.7. The van der Waals surface area contributed by atoms with Gasteiger partial charge >= 0.3 is 0 Å². The van der Waals surface area contributed by atoms with E-state index in [1.54, 1.807) is 0 Å². The molecule has 21 heavy (non-hydrogen) atoms. The van der Waals surface area contributed by atoms with Gasteiger partial charge in [0.25, 0.3) is 0 Å². The number of hydrogen-bond acceptors (Lipinski definition) is 4. The van der Waals surface area contributed by atoms with Crippen LogP contribution in [0.5, 0.6) is 0 Å². The summed E-state index contributed by atoms with van der Waals surface area (Å²) in [6.07, 6.45) is 5.68. The number of aromatic nitrogens is 2. The van der Waals surface area contributed by atoms with Gasteiger partial charge in [-0.2, -0.15) is 0 Å². The van der Waals surface area contributed by atoms with Crippen molar-refractivity contribution in [1.82, 2.24) is 9.97 Å². The molecule has 4 heteroatoms. The fourth-order valence-corrected chi connectivity index (χ4v) is 4.12. The molecule has 1 aromatic heterocycles. The largest absolute Gasteiger partial charge is 0.384 e. The van der Waals surface area contributed by atoms with E-state index in [-0.39, 0.29) is 5.41 Å². The maximum Gasteiger partial charge on any atom is 0.138 e. The molecule has 2 fully saturated rings. The first-order chi connectivity index (χ1) is 9.83. The van der Waals surface area contributed by atoms with Crippen molar-refractivity contribution in [3.63, 3.8) is 0 Å². The number of anilines is 2. The first-order valence-electron chi connectivity index (χ1n) is 8.24. The smallest absolute Gasteiger partial charge is 0.138 e. The molecule has 116 valence electrons. The van der Waals surface area contributed by atoms with E-state index in [2.05, 4.69) is 43.0 Å². The summed E-state index contributed by atoms with van der Waals surface area (Å²) >= 11 is 0. The predicted octanol–water partition coefficient (Wildman–Crippen LogP) is 3.59. The number of rotatable bonds is 3. The highest BCUT2D eigenvalue weighted by Crippen LogP contribution is 2.49. The van der Waals surface area contributed by atoms with Crippen molar-refractivity contribution >= 4 is 11.6 Å². The number of nitrogen functional groups attached to an aromatic ring is 1. The van der Waals surface area contributed by atoms with Crippen molar-refractivity contribution in [2.45, 2.75) is 64.8 Å². The van der Waals surface area contributed by atoms with Gasteiger partial charge in [-0.3, -0.25) is 0 Å². The molecule has 2 aliphatic carbocycles. The van der Waals surface area contributed by atoms with Crippen LogP contribution in [0.4, 0.5) is 11.6 Å². The monoisotopic (exact) mass is 288 g/mol. The molecule has 0 aromatic carbocycles. The highest BCUT2D eigenvalue weighted by Gasteiger charge is 2.41. The Hall–Kier alpha value is -1.32. The summed E-state index contributed by atoms with van der Waals surface area (Å²) < 4.78 is 0. The first kappa shape index (κ1) is 14.6. The molecule has 0 saturated heterocycles. The second-order valence-corrected chi connectivity index (χ2v) is 8.02. The Bertz CT molecular complexity index is 520. The average molecular weight is 288 g/mol. The van der Waals surface area contributed by atoms with Gasteiger partial charge in [0.2, 0.25) is 0 Å². The zero-order valence-corrected chi connectivity index (χ0v) is 13.7. The third-order valence-electron chi connectivity index (χ3n) is 5.23. The lowest BCUT2D eigenvalue weighted by Crippen LogP contribution is -2.30. The summed E-state index contributed by atoms with van der Waals surface area (Å²) in [4.78, 5) is 9.05. The van der Waals surface area contributed by atoms with E-state index in [0.29, 0.717) is 11.9 Å². The Morgan fingerprint density at radius 3 is 2.57 bits per heavy atom. The minimum atomic E-state index is -0.0819. The van der Waals surface area contributed by atoms with Gasteiger partial charge in [0.05, 0.1) is 0 Å². The molecule has 4 unspecified atom stereocenters. The van der Waals surface area contributed by atoms with Crippen LogP contribution in [0.3, 0.4) is 0 Å². The highest BCUT2D eigenvalue weighted by molar-refractivity contribution is 5.46. The van der Waals surface area contributed by atoms with Crippen LogP contribution in [-0.4, -0.2) is 16.0 Å². The molecule has 1 aromatic rings. The van der Waals surface area contributed by atoms with E-state index in [4.69, 9.17) is 5.73 Å². The molecule has 2 saturated carbocycles. The maximum absolute atomic E-state index is 5.95. The summed E-state index contributed by atoms with van der Waals surface area (Å²) in [5.41, 5.74) is 5.87. The summed E-state index contributed by atoms with van der Waals surface area (Å²) in [6, 6.07) is 2.32. The number of nitrogens with two attached hydrogens (primary N) is 1. The second-order valence-electron chi connectivity index (χ2n) is 8.02. The normalized spacial score (nSPS) is 29.6. The van der Waals surface area contributed by atoms with E-state index >= 15 is 0 Å². The van der Waals surface area contributed by atoms with Crippen molar-refractivity contribution in [2.75, 3.05) is 11.1 Å². The van der Waals surface area contributed by atoms with Gasteiger partial charge in [0, 0.05) is 17.5 Å². The van der Waals surface area contributed by atoms with E-state index < -0.39 is 0 Å². The average Bonchev–Trinajstić information content (AvgIpc) is 2.99. The Labute approximate surface area is 127 Å². The van der Waals surface area contributed by atoms with Gasteiger partial charge in [-0.25, -0.2) is 9.97 Å². The SMILES string of the molecule is CC(Nc1cc(N)nc(C(C)(C)C)n1)C1CC2CCC1C2. The van der Waals surface area contributed by atoms with Crippen LogP contribution < -0.4 is 11.1 Å². The summed E-state index contributed by atoms with van der Waals surface area (Å²) in [5.74, 6) is 4.92. The summed E-state index contributed by atoms with van der Waals surface area (Å²) in [5, 5.41) is 3.59. The molecule has 3 rings (SSSR count). The zero-order chi connectivity index (χ0) is 15.2. The minimum absolute atomic E-state index is 0.0819. The fraction of sp³-hybridized carbons (Fsp3) is 0.765. The van der Waals surface area contributed by atoms with Crippen LogP contribution in [-0.2, 0) is 5.41 Å². The number of nitrogens with one attached hydrogen (secondary N) is 1. The molecule has 1 heterocycles. The topological polar surface area (TPSA) is 63.8 Å². The third-order valence-corrected chi connectivity index (χ3v) is 5.23. The first-order valence-corrected chi connectivity index (χ1v) is 8.24. The van der Waals surface area contributed by atoms with Crippen LogP contribution in [0.1, 0.15) is 59.2 Å². The molecule has 3 N–H and O–H groups in total. The molecule has 0 amide bonds. The lowest BCUT2D eigenvalue weighted by atomic mass is 9.84. The minimum Gasteiger partial charge on any atom is -0.384 e. The van der Waals surface area contributed by atoms with Crippen molar-refractivity contribution in [3.05, 3.63) is 11.9 Å². The molecular formula is C17H28N4. The predicted molar refractivity (Wildman–Crippen MR) is 87.2 cm³/mol. The van der Waals surface area contributed by atoms with Gasteiger partial charge < -0.3 is 11.1 Å². The quantitative estimate of drug-likeness (QED) is 0.892. The lowest BCUT2D eigenvalue weighted by Gasteiger charge is -2.29. The number of fused-ring (bicyclic) bond motifs is 2. The summed E-state index contributed by atoms with van der Waals surface area (Å²) in [7, 11) is 0. The molecule has 0 radical (unpaired) electrons. The van der Waals surface area contributed by atoms with Crippen molar-refractivity contribution in [3.8, 4) is 0 Å². The van der Waals surface area contributed by atoms with Crippen molar-refractivity contribution in [1.29, 1.82) is 0 Å². The Morgan fingerprint density at radius 1 is 1.24 bits per heavy atom. The Kier molecular flexibility index (Phi) is 3.58. The molecular weight excluding hydrogens is 260 g/mol. The molecule has 0 aliphatic heterocycles. The highest BCUT2D eigenvalue weighted by atomic mass is 15.1. The van der Waals surface area contributed by atoms with Crippen LogP contribution in [0, 0.1) is 17.8 Å². The van der Waals surface area contributed by atoms with Gasteiger partial charge in [-0.1, -0.05) is 27.2 Å². The van der Waals surface area contributed by atoms with E-state index in [9.17, 15) is 0 Å². The third kappa shape index (κ3) is 2.99. The Morgan fingerprint density at radius 2 is 2.00 bits per heavy atom. The number of hydrogen-bond donors (Lipinski definition) is 2. The van der Waals surface area contributed by atoms with Crippen molar-refractivity contribution in [2.24, 2.45) is 17.8 Å². The van der Waals surface area contributed by atoms with E-state index in [1.807, 2.05) is 6.07 Å². The molecule has 4 atom stereocenters. The molecule has 4 nitrogen and oxygen atoms in total. The van der Waals surface area contributed by atoms with Crippen LogP contribution in [0.15, 0.2) is 6.07 Å². The van der Waals surface area contributed by atoms with Crippen LogP contribution >= 0.6 is 0 Å². The van der Waals surface area contributed by atoms with Crippen LogP contribution in [0.25, 0.3) is 0 Å². The van der Waals surface area contributed by atoms with Gasteiger partial charge in [0.1, 0.15) is 17.5 Å². The van der Waals surface area contributed by atoms with Crippen LogP contribution in [0.2, 0.25) is 0 Å². The summed E-state index contributed by atoms with van der Waals surface area (Å²) in [6.45, 7) is 8.64. The van der Waals surface area contributed by atoms with Crippen molar-refractivity contribution < 1.29 is 0 Å². The number of nitrogens with zero attached hydrogens (tertiary/aromatic N) is 2. The second kappa shape index (κ2) is 5.15. The standard InChI is InChI=1S/C17H28N4/c1-10(13-8-11-5-6-12(13)7-11)19-15-9-14(18)20-16(21-15)17(2,3)4/h9-13H,5-8H2,1-4H3,(H3,18,19,20,21). The maximum atomic E-state index is 5.95. The van der Waals surface area contributed by atoms with Gasteiger partial charge in [0.15, 0.2) is 0 Å². The fourth-order valence-electron chi connectivity index (χ4n) is 4.12. The van der Waals surface area contributed by atoms with E-state index in [0.717, 1.165) is 29.4 Å². The Balaban J connectivity index is 1.74. The molecule has 0 spiro atoms.